The van der Waals surface area contributed by atoms with E-state index in [1.165, 1.54) is 154 Å². The van der Waals surface area contributed by atoms with Crippen LogP contribution < -0.4 is 0 Å². The Morgan fingerprint density at radius 3 is 2.34 bits per heavy atom. The monoisotopic (exact) mass is 651 g/mol. The van der Waals surface area contributed by atoms with Crippen LogP contribution in [-0.4, -0.2) is 11.2 Å². The van der Waals surface area contributed by atoms with Crippen molar-refractivity contribution in [3.63, 3.8) is 0 Å². The Kier molecular flexibility index (Phi) is 19.7. The largest absolute Gasteiger partial charge is 0.393 e. The fraction of sp³-hybridized carbons (Fsp3) is 0.870. The summed E-state index contributed by atoms with van der Waals surface area (Å²) < 4.78 is 0. The number of allylic oxidation sites excluding steroid dienone is 5. The first-order valence-electron chi connectivity index (χ1n) is 21.6. The van der Waals surface area contributed by atoms with Crippen molar-refractivity contribution in [3.05, 3.63) is 36.5 Å². The summed E-state index contributed by atoms with van der Waals surface area (Å²) in [6.07, 6.45) is 44.5. The van der Waals surface area contributed by atoms with Gasteiger partial charge in [0.2, 0.25) is 0 Å². The van der Waals surface area contributed by atoms with Crippen molar-refractivity contribution in [2.45, 2.75) is 208 Å². The van der Waals surface area contributed by atoms with Crippen LogP contribution in [0, 0.1) is 46.8 Å². The Morgan fingerprint density at radius 1 is 0.851 bits per heavy atom. The molecule has 3 rings (SSSR count). The van der Waals surface area contributed by atoms with E-state index in [9.17, 15) is 5.11 Å². The quantitative estimate of drug-likeness (QED) is 0.0814. The lowest BCUT2D eigenvalue weighted by molar-refractivity contribution is 0.0569. The van der Waals surface area contributed by atoms with Gasteiger partial charge in [-0.15, -0.1) is 6.58 Å². The number of unbranched alkanes of at least 4 members (excludes halogenated alkanes) is 2. The minimum Gasteiger partial charge on any atom is -0.393 e. The second kappa shape index (κ2) is 22.8. The third-order valence-electron chi connectivity index (χ3n) is 14.0. The van der Waals surface area contributed by atoms with Gasteiger partial charge in [0.1, 0.15) is 0 Å². The fourth-order valence-electron chi connectivity index (χ4n) is 10.6. The number of aliphatic hydroxyl groups is 1. The molecule has 3 aliphatic carbocycles. The average Bonchev–Trinajstić information content (AvgIpc) is 3.12. The molecular formula is C46H82O. The predicted molar refractivity (Wildman–Crippen MR) is 209 cm³/mol. The first-order chi connectivity index (χ1) is 22.9. The topological polar surface area (TPSA) is 20.2 Å². The van der Waals surface area contributed by atoms with Crippen LogP contribution in [0.25, 0.3) is 0 Å². The zero-order valence-corrected chi connectivity index (χ0v) is 32.5. The van der Waals surface area contributed by atoms with E-state index in [2.05, 4.69) is 65.5 Å². The Hall–Kier alpha value is -0.820. The molecule has 0 amide bonds. The van der Waals surface area contributed by atoms with E-state index < -0.39 is 0 Å². The summed E-state index contributed by atoms with van der Waals surface area (Å²) in [7, 11) is 0. The lowest BCUT2D eigenvalue weighted by Crippen LogP contribution is -2.34. The molecule has 0 heterocycles. The molecule has 0 spiro atoms. The van der Waals surface area contributed by atoms with Crippen molar-refractivity contribution in [2.75, 3.05) is 0 Å². The normalized spacial score (nSPS) is 28.3. The molecule has 0 aromatic heterocycles. The van der Waals surface area contributed by atoms with Gasteiger partial charge in [0.05, 0.1) is 6.10 Å². The number of hydrogen-bond donors (Lipinski definition) is 1. The molecule has 0 bridgehead atoms. The maximum absolute atomic E-state index is 11.3. The molecule has 9 atom stereocenters. The van der Waals surface area contributed by atoms with Crippen LogP contribution in [0.4, 0.5) is 0 Å². The van der Waals surface area contributed by atoms with Gasteiger partial charge in [-0.1, -0.05) is 142 Å². The summed E-state index contributed by atoms with van der Waals surface area (Å²) >= 11 is 0. The van der Waals surface area contributed by atoms with Crippen molar-refractivity contribution in [1.82, 2.24) is 0 Å². The SMILES string of the molecule is C=CCCC(CC)CC(CCC)CCCC(O)[C@@H]1CCC[C@H](CCCCCC(CC)(C2=CC[C@H](CC)CC2)[C@@H]2C=C[C@H](CC)CC2)C1. The van der Waals surface area contributed by atoms with E-state index in [4.69, 9.17) is 0 Å². The van der Waals surface area contributed by atoms with Crippen LogP contribution in [0.15, 0.2) is 36.5 Å². The number of aliphatic hydroxyl groups excluding tert-OH is 1. The molecule has 47 heavy (non-hydrogen) atoms. The number of rotatable bonds is 24. The zero-order chi connectivity index (χ0) is 33.9. The van der Waals surface area contributed by atoms with E-state index in [0.29, 0.717) is 11.3 Å². The second-order valence-electron chi connectivity index (χ2n) is 16.9. The van der Waals surface area contributed by atoms with Gasteiger partial charge in [-0.3, -0.25) is 0 Å². The Bertz CT molecular complexity index is 883. The summed E-state index contributed by atoms with van der Waals surface area (Å²) in [5.74, 6) is 5.58. The Morgan fingerprint density at radius 2 is 1.70 bits per heavy atom. The highest BCUT2D eigenvalue weighted by molar-refractivity contribution is 5.22. The lowest BCUT2D eigenvalue weighted by Gasteiger charge is -2.45. The van der Waals surface area contributed by atoms with Crippen LogP contribution in [0.5, 0.6) is 0 Å². The van der Waals surface area contributed by atoms with Crippen LogP contribution in [0.3, 0.4) is 0 Å². The minimum atomic E-state index is -0.0695. The molecule has 1 N–H and O–H groups in total. The molecular weight excluding hydrogens is 569 g/mol. The predicted octanol–water partition coefficient (Wildman–Crippen LogP) is 14.6. The van der Waals surface area contributed by atoms with Gasteiger partial charge in [-0.2, -0.15) is 0 Å². The lowest BCUT2D eigenvalue weighted by atomic mass is 9.59. The van der Waals surface area contributed by atoms with E-state index in [0.717, 1.165) is 48.3 Å². The summed E-state index contributed by atoms with van der Waals surface area (Å²) in [5, 5.41) is 11.3. The van der Waals surface area contributed by atoms with E-state index in [-0.39, 0.29) is 6.10 Å². The molecule has 0 radical (unpaired) electrons. The summed E-state index contributed by atoms with van der Waals surface area (Å²) in [4.78, 5) is 0. The highest BCUT2D eigenvalue weighted by atomic mass is 16.3. The molecule has 1 nitrogen and oxygen atoms in total. The molecule has 0 saturated heterocycles. The average molecular weight is 651 g/mol. The molecule has 1 fully saturated rings. The summed E-state index contributed by atoms with van der Waals surface area (Å²) in [6, 6.07) is 0. The van der Waals surface area contributed by atoms with Gasteiger partial charge in [0.25, 0.3) is 0 Å². The zero-order valence-electron chi connectivity index (χ0n) is 32.5. The van der Waals surface area contributed by atoms with E-state index in [1.54, 1.807) is 0 Å². The Balaban J connectivity index is 1.44. The molecule has 4 unspecified atom stereocenters. The minimum absolute atomic E-state index is 0.0695. The van der Waals surface area contributed by atoms with Crippen molar-refractivity contribution in [2.24, 2.45) is 46.8 Å². The molecule has 0 aromatic rings. The van der Waals surface area contributed by atoms with Gasteiger partial charge in [0, 0.05) is 0 Å². The second-order valence-corrected chi connectivity index (χ2v) is 16.9. The third-order valence-corrected chi connectivity index (χ3v) is 14.0. The highest BCUT2D eigenvalue weighted by Gasteiger charge is 2.40. The molecule has 0 aliphatic heterocycles. The van der Waals surface area contributed by atoms with Crippen LogP contribution in [0.1, 0.15) is 202 Å². The van der Waals surface area contributed by atoms with Gasteiger partial charge in [-0.25, -0.2) is 0 Å². The first kappa shape index (κ1) is 40.6. The van der Waals surface area contributed by atoms with Crippen LogP contribution in [-0.2, 0) is 0 Å². The van der Waals surface area contributed by atoms with Crippen LogP contribution >= 0.6 is 0 Å². The van der Waals surface area contributed by atoms with Crippen molar-refractivity contribution in [1.29, 1.82) is 0 Å². The molecule has 272 valence electrons. The molecule has 3 aliphatic rings. The van der Waals surface area contributed by atoms with Crippen LogP contribution in [0.2, 0.25) is 0 Å². The van der Waals surface area contributed by atoms with E-state index >= 15 is 0 Å². The molecule has 1 heteroatoms. The van der Waals surface area contributed by atoms with E-state index in [1.807, 2.05) is 5.57 Å². The fourth-order valence-corrected chi connectivity index (χ4v) is 10.6. The molecule has 0 aromatic carbocycles. The summed E-state index contributed by atoms with van der Waals surface area (Å²) in [5.41, 5.74) is 2.25. The smallest absolute Gasteiger partial charge is 0.0568 e. The maximum atomic E-state index is 11.3. The Labute approximate surface area is 295 Å². The van der Waals surface area contributed by atoms with Crippen molar-refractivity contribution >= 4 is 0 Å². The van der Waals surface area contributed by atoms with Crippen molar-refractivity contribution in [3.8, 4) is 0 Å². The van der Waals surface area contributed by atoms with Gasteiger partial charge >= 0.3 is 0 Å². The number of hydrogen-bond acceptors (Lipinski definition) is 1. The first-order valence-corrected chi connectivity index (χ1v) is 21.6. The van der Waals surface area contributed by atoms with Gasteiger partial charge < -0.3 is 5.11 Å². The van der Waals surface area contributed by atoms with Gasteiger partial charge in [0.15, 0.2) is 0 Å². The van der Waals surface area contributed by atoms with Crippen molar-refractivity contribution < 1.29 is 5.11 Å². The van der Waals surface area contributed by atoms with Gasteiger partial charge in [-0.05, 0) is 137 Å². The standard InChI is InChI=1S/C46H82O/c1-7-13-20-39(11-5)35-40(19-8-2)23-18-25-45(47)42-24-17-22-41(36-42)21-15-14-16-34-46(12-6,43-30-26-37(9-3)27-31-43)44-32-28-38(10-4)29-33-44/h7,26,30,32,37-43,45,47H,1,8-25,27-29,31,33-36H2,2-6H3/t37-,38-,39?,40?,41-,42+,43+,45?,46?/m0/s1. The third kappa shape index (κ3) is 13.1. The molecule has 1 saturated carbocycles. The maximum Gasteiger partial charge on any atom is 0.0568 e. The highest BCUT2D eigenvalue weighted by Crippen LogP contribution is 2.52. The summed E-state index contributed by atoms with van der Waals surface area (Å²) in [6.45, 7) is 15.9.